The zero-order chi connectivity index (χ0) is 20.3. The predicted octanol–water partition coefficient (Wildman–Crippen LogP) is 3.17. The van der Waals surface area contributed by atoms with E-state index < -0.39 is 0 Å². The number of nitrogens with zero attached hydrogens (tertiary/aromatic N) is 5. The summed E-state index contributed by atoms with van der Waals surface area (Å²) >= 11 is 0. The molecule has 0 unspecified atom stereocenters. The number of imidazole rings is 1. The molecule has 0 radical (unpaired) electrons. The minimum atomic E-state index is -0.0390. The number of hydrogen-bond acceptors (Lipinski definition) is 5. The lowest BCUT2D eigenvalue weighted by molar-refractivity contribution is 0.0772. The SMILES string of the molecule is O=C(c1cnc2c(c1)ncn2Cc1ccccn1)N1CC[C@@H](Oc2ccccc2)C1. The molecule has 5 rings (SSSR count). The fourth-order valence-corrected chi connectivity index (χ4v) is 3.73. The molecule has 30 heavy (non-hydrogen) atoms. The third-order valence-corrected chi connectivity index (χ3v) is 5.24. The summed E-state index contributed by atoms with van der Waals surface area (Å²) in [5.74, 6) is 0.793. The van der Waals surface area contributed by atoms with Crippen LogP contribution in [0.1, 0.15) is 22.5 Å². The van der Waals surface area contributed by atoms with Gasteiger partial charge in [0.05, 0.1) is 30.7 Å². The number of para-hydroxylation sites is 1. The first-order valence-electron chi connectivity index (χ1n) is 9.98. The first kappa shape index (κ1) is 18.3. The van der Waals surface area contributed by atoms with E-state index in [-0.39, 0.29) is 12.0 Å². The molecule has 3 aromatic heterocycles. The second-order valence-electron chi connectivity index (χ2n) is 7.35. The first-order valence-corrected chi connectivity index (χ1v) is 9.98. The van der Waals surface area contributed by atoms with E-state index in [1.54, 1.807) is 18.7 Å². The Labute approximate surface area is 174 Å². The van der Waals surface area contributed by atoms with Gasteiger partial charge in [-0.1, -0.05) is 24.3 Å². The van der Waals surface area contributed by atoms with Crippen LogP contribution in [0.2, 0.25) is 0 Å². The van der Waals surface area contributed by atoms with Crippen LogP contribution in [0, 0.1) is 0 Å². The van der Waals surface area contributed by atoms with E-state index in [1.807, 2.05) is 64.1 Å². The first-order chi connectivity index (χ1) is 14.8. The average molecular weight is 399 g/mol. The van der Waals surface area contributed by atoms with Crippen LogP contribution in [-0.4, -0.2) is 49.5 Å². The van der Waals surface area contributed by atoms with Crippen molar-refractivity contribution in [3.63, 3.8) is 0 Å². The number of aromatic nitrogens is 4. The minimum absolute atomic E-state index is 0.00520. The summed E-state index contributed by atoms with van der Waals surface area (Å²) in [5, 5.41) is 0. The summed E-state index contributed by atoms with van der Waals surface area (Å²) in [5.41, 5.74) is 2.92. The van der Waals surface area contributed by atoms with Crippen LogP contribution in [-0.2, 0) is 6.54 Å². The summed E-state index contributed by atoms with van der Waals surface area (Å²) in [7, 11) is 0. The Balaban J connectivity index is 1.28. The van der Waals surface area contributed by atoms with Crippen LogP contribution in [0.25, 0.3) is 11.2 Å². The highest BCUT2D eigenvalue weighted by Crippen LogP contribution is 2.21. The summed E-state index contributed by atoms with van der Waals surface area (Å²) in [4.78, 5) is 28.1. The van der Waals surface area contributed by atoms with Crippen molar-refractivity contribution in [1.29, 1.82) is 0 Å². The smallest absolute Gasteiger partial charge is 0.255 e. The molecule has 0 spiro atoms. The van der Waals surface area contributed by atoms with Crippen molar-refractivity contribution in [3.8, 4) is 5.75 Å². The Morgan fingerprint density at radius 1 is 1.07 bits per heavy atom. The third-order valence-electron chi connectivity index (χ3n) is 5.24. The number of benzene rings is 1. The number of fused-ring (bicyclic) bond motifs is 1. The van der Waals surface area contributed by atoms with Crippen molar-refractivity contribution in [2.45, 2.75) is 19.1 Å². The Hall–Kier alpha value is -3.74. The lowest BCUT2D eigenvalue weighted by atomic mass is 10.2. The largest absolute Gasteiger partial charge is 0.489 e. The number of carbonyl (C=O) groups excluding carboxylic acids is 1. The van der Waals surface area contributed by atoms with Gasteiger partial charge in [0.1, 0.15) is 17.4 Å². The van der Waals surface area contributed by atoms with E-state index in [1.165, 1.54) is 0 Å². The normalized spacial score (nSPS) is 16.1. The van der Waals surface area contributed by atoms with Gasteiger partial charge < -0.3 is 14.2 Å². The fourth-order valence-electron chi connectivity index (χ4n) is 3.73. The zero-order valence-electron chi connectivity index (χ0n) is 16.4. The molecule has 1 fully saturated rings. The molecule has 1 aliphatic rings. The molecule has 1 aliphatic heterocycles. The van der Waals surface area contributed by atoms with Gasteiger partial charge in [0.15, 0.2) is 5.65 Å². The molecule has 4 heterocycles. The van der Waals surface area contributed by atoms with Gasteiger partial charge in [-0.25, -0.2) is 9.97 Å². The maximum atomic E-state index is 13.0. The molecule has 0 aliphatic carbocycles. The van der Waals surface area contributed by atoms with Crippen molar-refractivity contribution < 1.29 is 9.53 Å². The molecule has 150 valence electrons. The number of rotatable bonds is 5. The van der Waals surface area contributed by atoms with Gasteiger partial charge in [-0.15, -0.1) is 0 Å². The molecule has 0 N–H and O–H groups in total. The second kappa shape index (κ2) is 7.94. The van der Waals surface area contributed by atoms with Gasteiger partial charge in [-0.05, 0) is 30.3 Å². The summed E-state index contributed by atoms with van der Waals surface area (Å²) in [6.07, 6.45) is 5.95. The van der Waals surface area contributed by atoms with E-state index in [4.69, 9.17) is 4.74 Å². The van der Waals surface area contributed by atoms with Gasteiger partial charge in [0.25, 0.3) is 5.91 Å². The van der Waals surface area contributed by atoms with E-state index in [0.29, 0.717) is 30.7 Å². The highest BCUT2D eigenvalue weighted by molar-refractivity contribution is 5.96. The van der Waals surface area contributed by atoms with Gasteiger partial charge in [-0.2, -0.15) is 0 Å². The predicted molar refractivity (Wildman–Crippen MR) is 112 cm³/mol. The topological polar surface area (TPSA) is 73.1 Å². The second-order valence-corrected chi connectivity index (χ2v) is 7.35. The molecule has 7 heteroatoms. The minimum Gasteiger partial charge on any atom is -0.489 e. The number of carbonyl (C=O) groups is 1. The van der Waals surface area contributed by atoms with Crippen LogP contribution in [0.4, 0.5) is 0 Å². The lowest BCUT2D eigenvalue weighted by Gasteiger charge is -2.17. The fraction of sp³-hybridized carbons (Fsp3) is 0.217. The monoisotopic (exact) mass is 399 g/mol. The molecule has 1 atom stereocenters. The Bertz CT molecular complexity index is 1160. The van der Waals surface area contributed by atoms with Gasteiger partial charge in [-0.3, -0.25) is 9.78 Å². The van der Waals surface area contributed by atoms with Crippen LogP contribution >= 0.6 is 0 Å². The molecule has 1 amide bonds. The number of ether oxygens (including phenoxy) is 1. The van der Waals surface area contributed by atoms with Crippen molar-refractivity contribution in [1.82, 2.24) is 24.4 Å². The molecule has 1 saturated heterocycles. The van der Waals surface area contributed by atoms with E-state index >= 15 is 0 Å². The molecule has 4 aromatic rings. The molecular weight excluding hydrogens is 378 g/mol. The van der Waals surface area contributed by atoms with Crippen molar-refractivity contribution in [2.24, 2.45) is 0 Å². The third kappa shape index (κ3) is 3.74. The summed E-state index contributed by atoms with van der Waals surface area (Å²) in [6.45, 7) is 1.82. The molecule has 7 nitrogen and oxygen atoms in total. The van der Waals surface area contributed by atoms with Crippen molar-refractivity contribution >= 4 is 17.1 Å². The molecule has 0 saturated carbocycles. The van der Waals surface area contributed by atoms with Crippen LogP contribution in [0.3, 0.4) is 0 Å². The number of pyridine rings is 2. The average Bonchev–Trinajstić information content (AvgIpc) is 3.42. The Morgan fingerprint density at radius 3 is 2.77 bits per heavy atom. The lowest BCUT2D eigenvalue weighted by Crippen LogP contribution is -2.31. The number of likely N-dealkylation sites (tertiary alicyclic amines) is 1. The van der Waals surface area contributed by atoms with E-state index in [2.05, 4.69) is 15.0 Å². The van der Waals surface area contributed by atoms with E-state index in [0.717, 1.165) is 23.5 Å². The van der Waals surface area contributed by atoms with Gasteiger partial charge in [0.2, 0.25) is 0 Å². The standard InChI is InChI=1S/C23H21N5O2/c29-23(27-11-9-20(15-27)30-19-7-2-1-3-8-19)17-12-21-22(25-13-17)28(16-26-21)14-18-6-4-5-10-24-18/h1-8,10,12-13,16,20H,9,11,14-15H2/t20-/m1/s1. The van der Waals surface area contributed by atoms with Gasteiger partial charge >= 0.3 is 0 Å². The van der Waals surface area contributed by atoms with Crippen molar-refractivity contribution in [2.75, 3.05) is 13.1 Å². The number of hydrogen-bond donors (Lipinski definition) is 0. The van der Waals surface area contributed by atoms with Crippen molar-refractivity contribution in [3.05, 3.63) is 84.6 Å². The van der Waals surface area contributed by atoms with Gasteiger partial charge in [0, 0.05) is 25.4 Å². The molecular formula is C23H21N5O2. The summed E-state index contributed by atoms with van der Waals surface area (Å²) < 4.78 is 7.93. The maximum absolute atomic E-state index is 13.0. The number of amides is 1. The molecule has 1 aromatic carbocycles. The molecule has 0 bridgehead atoms. The highest BCUT2D eigenvalue weighted by Gasteiger charge is 2.28. The zero-order valence-corrected chi connectivity index (χ0v) is 16.4. The highest BCUT2D eigenvalue weighted by atomic mass is 16.5. The maximum Gasteiger partial charge on any atom is 0.255 e. The Kier molecular flexibility index (Phi) is 4.85. The quantitative estimate of drug-likeness (QED) is 0.515. The Morgan fingerprint density at radius 2 is 1.93 bits per heavy atom. The summed E-state index contributed by atoms with van der Waals surface area (Å²) in [6, 6.07) is 17.3. The van der Waals surface area contributed by atoms with Crippen LogP contribution < -0.4 is 4.74 Å². The van der Waals surface area contributed by atoms with E-state index in [9.17, 15) is 4.79 Å². The van der Waals surface area contributed by atoms with Crippen LogP contribution in [0.15, 0.2) is 73.3 Å². The van der Waals surface area contributed by atoms with Crippen LogP contribution in [0.5, 0.6) is 5.75 Å².